The van der Waals surface area contributed by atoms with Crippen molar-refractivity contribution in [1.82, 2.24) is 4.90 Å². The maximum Gasteiger partial charge on any atom is 0.351 e. The SMILES string of the molecule is CCCC[C@@H](CC)CN(CCOC(=O)c1cc2ccccc2oc1=O)C[C@@H](CC)CCCC. The van der Waals surface area contributed by atoms with Crippen LogP contribution >= 0.6 is 0 Å². The van der Waals surface area contributed by atoms with Crippen molar-refractivity contribution in [3.63, 3.8) is 0 Å². The van der Waals surface area contributed by atoms with Crippen LogP contribution in [0.4, 0.5) is 0 Å². The average molecular weight is 458 g/mol. The molecule has 1 heterocycles. The molecule has 1 aromatic heterocycles. The third-order valence-corrected chi connectivity index (χ3v) is 6.62. The number of fused-ring (bicyclic) bond motifs is 1. The van der Waals surface area contributed by atoms with Crippen molar-refractivity contribution in [1.29, 1.82) is 0 Å². The lowest BCUT2D eigenvalue weighted by Crippen LogP contribution is -2.37. The molecule has 0 aliphatic rings. The van der Waals surface area contributed by atoms with E-state index in [1.807, 2.05) is 12.1 Å². The molecule has 0 saturated carbocycles. The van der Waals surface area contributed by atoms with Gasteiger partial charge in [0.2, 0.25) is 0 Å². The van der Waals surface area contributed by atoms with Crippen LogP contribution in [0.2, 0.25) is 0 Å². The number of benzene rings is 1. The third kappa shape index (κ3) is 8.96. The Balaban J connectivity index is 2.01. The molecule has 0 fully saturated rings. The molecule has 0 amide bonds. The fourth-order valence-corrected chi connectivity index (χ4v) is 4.37. The molecule has 0 bridgehead atoms. The molecule has 0 unspecified atom stereocenters. The molecule has 5 nitrogen and oxygen atoms in total. The molecule has 0 saturated heterocycles. The highest BCUT2D eigenvalue weighted by atomic mass is 16.5. The molecular formula is C28H43NO4. The summed E-state index contributed by atoms with van der Waals surface area (Å²) < 4.78 is 10.8. The smallest absolute Gasteiger partial charge is 0.351 e. The van der Waals surface area contributed by atoms with Crippen LogP contribution in [0.15, 0.2) is 39.5 Å². The Morgan fingerprint density at radius 2 is 1.58 bits per heavy atom. The summed E-state index contributed by atoms with van der Waals surface area (Å²) >= 11 is 0. The number of para-hydroxylation sites is 1. The lowest BCUT2D eigenvalue weighted by Gasteiger charge is -2.30. The van der Waals surface area contributed by atoms with E-state index >= 15 is 0 Å². The highest BCUT2D eigenvalue weighted by molar-refractivity contribution is 5.92. The highest BCUT2D eigenvalue weighted by Gasteiger charge is 2.19. The summed E-state index contributed by atoms with van der Waals surface area (Å²) in [6.45, 7) is 12.1. The molecule has 1 aromatic carbocycles. The molecule has 2 aromatic rings. The van der Waals surface area contributed by atoms with E-state index in [1.54, 1.807) is 18.2 Å². The number of ether oxygens (including phenoxy) is 1. The first-order valence-corrected chi connectivity index (χ1v) is 12.9. The molecule has 5 heteroatoms. The Hall–Kier alpha value is -2.14. The zero-order valence-electron chi connectivity index (χ0n) is 21.1. The monoisotopic (exact) mass is 457 g/mol. The van der Waals surface area contributed by atoms with Crippen LogP contribution in [0.3, 0.4) is 0 Å². The Kier molecular flexibility index (Phi) is 12.2. The highest BCUT2D eigenvalue weighted by Crippen LogP contribution is 2.19. The molecule has 2 rings (SSSR count). The summed E-state index contributed by atoms with van der Waals surface area (Å²) in [6, 6.07) is 8.75. The normalized spacial score (nSPS) is 13.4. The van der Waals surface area contributed by atoms with Crippen LogP contribution in [0, 0.1) is 11.8 Å². The summed E-state index contributed by atoms with van der Waals surface area (Å²) in [5.41, 5.74) is -0.212. The van der Waals surface area contributed by atoms with Crippen LogP contribution in [0.5, 0.6) is 0 Å². The number of esters is 1. The van der Waals surface area contributed by atoms with E-state index in [4.69, 9.17) is 9.15 Å². The topological polar surface area (TPSA) is 59.8 Å². The van der Waals surface area contributed by atoms with Gasteiger partial charge in [-0.2, -0.15) is 0 Å². The number of hydrogen-bond donors (Lipinski definition) is 0. The van der Waals surface area contributed by atoms with Gasteiger partial charge in [-0.1, -0.05) is 84.4 Å². The number of hydrogen-bond acceptors (Lipinski definition) is 5. The maximum absolute atomic E-state index is 12.6. The summed E-state index contributed by atoms with van der Waals surface area (Å²) in [5.74, 6) is 0.722. The fourth-order valence-electron chi connectivity index (χ4n) is 4.37. The van der Waals surface area contributed by atoms with Crippen LogP contribution in [-0.4, -0.2) is 37.1 Å². The number of carbonyl (C=O) groups excluding carboxylic acids is 1. The molecule has 184 valence electrons. The van der Waals surface area contributed by atoms with Crippen LogP contribution in [0.1, 0.15) is 89.4 Å². The standard InChI is InChI=1S/C28H43NO4/c1-5-9-13-22(7-3)20-29(21-23(8-4)14-10-6-2)17-18-32-27(30)25-19-24-15-11-12-16-26(24)33-28(25)31/h11-12,15-16,19,22-23H,5-10,13-14,17-18,20-21H2,1-4H3/t22-,23+. The van der Waals surface area contributed by atoms with Crippen molar-refractivity contribution in [2.45, 2.75) is 79.1 Å². The second kappa shape index (κ2) is 14.9. The molecule has 33 heavy (non-hydrogen) atoms. The summed E-state index contributed by atoms with van der Waals surface area (Å²) in [6.07, 6.45) is 9.77. The Bertz CT molecular complexity index is 873. The van der Waals surface area contributed by atoms with Gasteiger partial charge in [0.25, 0.3) is 0 Å². The Labute approximate surface area is 199 Å². The molecule has 0 aliphatic carbocycles. The molecule has 0 radical (unpaired) electrons. The van der Waals surface area contributed by atoms with E-state index in [9.17, 15) is 9.59 Å². The third-order valence-electron chi connectivity index (χ3n) is 6.62. The summed E-state index contributed by atoms with van der Waals surface area (Å²) in [7, 11) is 0. The van der Waals surface area contributed by atoms with Gasteiger partial charge in [-0.3, -0.25) is 4.90 Å². The van der Waals surface area contributed by atoms with E-state index in [2.05, 4.69) is 32.6 Å². The van der Waals surface area contributed by atoms with Crippen molar-refractivity contribution in [2.75, 3.05) is 26.2 Å². The number of unbranched alkanes of at least 4 members (excludes halogenated alkanes) is 2. The van der Waals surface area contributed by atoms with E-state index in [1.165, 1.54) is 51.4 Å². The fraction of sp³-hybridized carbons (Fsp3) is 0.643. The van der Waals surface area contributed by atoms with Gasteiger partial charge in [-0.05, 0) is 36.8 Å². The molecular weight excluding hydrogens is 414 g/mol. The first kappa shape index (κ1) is 27.1. The number of rotatable bonds is 16. The van der Waals surface area contributed by atoms with E-state index < -0.39 is 11.6 Å². The van der Waals surface area contributed by atoms with Crippen molar-refractivity contribution in [3.05, 3.63) is 46.3 Å². The minimum absolute atomic E-state index is 0.0380. The first-order chi connectivity index (χ1) is 16.0. The molecule has 2 atom stereocenters. The lowest BCUT2D eigenvalue weighted by atomic mass is 9.96. The molecule has 0 aliphatic heterocycles. The van der Waals surface area contributed by atoms with E-state index in [0.717, 1.165) is 13.1 Å². The van der Waals surface area contributed by atoms with Gasteiger partial charge < -0.3 is 9.15 Å². The second-order valence-corrected chi connectivity index (χ2v) is 9.21. The predicted octanol–water partition coefficient (Wildman–Crippen LogP) is 6.68. The average Bonchev–Trinajstić information content (AvgIpc) is 2.83. The summed E-state index contributed by atoms with van der Waals surface area (Å²) in [4.78, 5) is 27.4. The lowest BCUT2D eigenvalue weighted by molar-refractivity contribution is 0.0435. The van der Waals surface area contributed by atoms with Gasteiger partial charge in [0.15, 0.2) is 0 Å². The van der Waals surface area contributed by atoms with Gasteiger partial charge in [-0.25, -0.2) is 9.59 Å². The largest absolute Gasteiger partial charge is 0.461 e. The zero-order valence-corrected chi connectivity index (χ0v) is 21.1. The first-order valence-electron chi connectivity index (χ1n) is 12.9. The van der Waals surface area contributed by atoms with Crippen molar-refractivity contribution in [3.8, 4) is 0 Å². The van der Waals surface area contributed by atoms with Gasteiger partial charge in [0, 0.05) is 25.0 Å². The maximum atomic E-state index is 12.6. The van der Waals surface area contributed by atoms with Crippen molar-refractivity contribution >= 4 is 16.9 Å². The second-order valence-electron chi connectivity index (χ2n) is 9.21. The molecule has 0 spiro atoms. The van der Waals surface area contributed by atoms with Crippen molar-refractivity contribution < 1.29 is 13.9 Å². The van der Waals surface area contributed by atoms with Crippen molar-refractivity contribution in [2.24, 2.45) is 11.8 Å². The van der Waals surface area contributed by atoms with E-state index in [-0.39, 0.29) is 12.2 Å². The van der Waals surface area contributed by atoms with Gasteiger partial charge in [0.1, 0.15) is 17.8 Å². The predicted molar refractivity (Wildman–Crippen MR) is 136 cm³/mol. The zero-order chi connectivity index (χ0) is 24.1. The molecule has 0 N–H and O–H groups in total. The Morgan fingerprint density at radius 3 is 2.15 bits per heavy atom. The van der Waals surface area contributed by atoms with Gasteiger partial charge in [-0.15, -0.1) is 0 Å². The van der Waals surface area contributed by atoms with Gasteiger partial charge in [0.05, 0.1) is 0 Å². The van der Waals surface area contributed by atoms with E-state index in [0.29, 0.717) is 29.3 Å². The number of nitrogens with zero attached hydrogens (tertiary/aromatic N) is 1. The van der Waals surface area contributed by atoms with Crippen LogP contribution in [0.25, 0.3) is 11.0 Å². The minimum atomic E-state index is -0.646. The van der Waals surface area contributed by atoms with Crippen LogP contribution < -0.4 is 5.63 Å². The minimum Gasteiger partial charge on any atom is -0.461 e. The summed E-state index contributed by atoms with van der Waals surface area (Å²) in [5, 5.41) is 0.717. The van der Waals surface area contributed by atoms with Crippen LogP contribution in [-0.2, 0) is 4.74 Å². The Morgan fingerprint density at radius 1 is 0.970 bits per heavy atom. The van der Waals surface area contributed by atoms with Gasteiger partial charge >= 0.3 is 11.6 Å². The number of carbonyl (C=O) groups is 1. The quantitative estimate of drug-likeness (QED) is 0.208.